The molecule has 6 heteroatoms. The van der Waals surface area contributed by atoms with Gasteiger partial charge in [-0.2, -0.15) is 0 Å². The molecule has 2 atom stereocenters. The van der Waals surface area contributed by atoms with Crippen LogP contribution in [0, 0.1) is 0 Å². The highest BCUT2D eigenvalue weighted by Crippen LogP contribution is 2.13. The second kappa shape index (κ2) is 7.16. The first-order chi connectivity index (χ1) is 7.77. The lowest BCUT2D eigenvalue weighted by molar-refractivity contribution is -0.136. The molecule has 2 aliphatic heterocycles. The van der Waals surface area contributed by atoms with Gasteiger partial charge in [-0.3, -0.25) is 4.79 Å². The lowest BCUT2D eigenvalue weighted by atomic mass is 10.2. The number of carbonyl (C=O) groups is 1. The van der Waals surface area contributed by atoms with Crippen LogP contribution in [0.25, 0.3) is 0 Å². The van der Waals surface area contributed by atoms with E-state index in [1.807, 2.05) is 7.05 Å². The number of morpholine rings is 1. The SMILES string of the molecule is CN(CC1CCCO1)C(=O)C1COCCN1.Cl. The van der Waals surface area contributed by atoms with E-state index in [4.69, 9.17) is 9.47 Å². The van der Waals surface area contributed by atoms with Gasteiger partial charge >= 0.3 is 0 Å². The van der Waals surface area contributed by atoms with Crippen molar-refractivity contribution in [2.45, 2.75) is 25.0 Å². The van der Waals surface area contributed by atoms with Gasteiger partial charge in [0.15, 0.2) is 0 Å². The Morgan fingerprint density at radius 1 is 1.47 bits per heavy atom. The van der Waals surface area contributed by atoms with E-state index in [1.165, 1.54) is 0 Å². The predicted octanol–water partition coefficient (Wildman–Crippen LogP) is 0.0340. The molecule has 100 valence electrons. The van der Waals surface area contributed by atoms with E-state index in [-0.39, 0.29) is 30.5 Å². The molecule has 2 fully saturated rings. The number of hydrogen-bond acceptors (Lipinski definition) is 4. The first-order valence-corrected chi connectivity index (χ1v) is 5.95. The van der Waals surface area contributed by atoms with Gasteiger partial charge in [-0.1, -0.05) is 0 Å². The number of nitrogens with zero attached hydrogens (tertiary/aromatic N) is 1. The topological polar surface area (TPSA) is 50.8 Å². The van der Waals surface area contributed by atoms with Gasteiger partial charge in [0.2, 0.25) is 5.91 Å². The van der Waals surface area contributed by atoms with Crippen LogP contribution in [-0.4, -0.2) is 62.9 Å². The molecule has 5 nitrogen and oxygen atoms in total. The fraction of sp³-hybridized carbons (Fsp3) is 0.909. The number of ether oxygens (including phenoxy) is 2. The Kier molecular flexibility index (Phi) is 6.19. The lowest BCUT2D eigenvalue weighted by Crippen LogP contribution is -2.52. The Bertz CT molecular complexity index is 241. The van der Waals surface area contributed by atoms with Crippen molar-refractivity contribution < 1.29 is 14.3 Å². The van der Waals surface area contributed by atoms with E-state index in [1.54, 1.807) is 4.90 Å². The summed E-state index contributed by atoms with van der Waals surface area (Å²) in [6.07, 6.45) is 2.39. The first kappa shape index (κ1) is 14.7. The number of hydrogen-bond donors (Lipinski definition) is 1. The maximum atomic E-state index is 12.0. The van der Waals surface area contributed by atoms with Crippen molar-refractivity contribution in [3.8, 4) is 0 Å². The minimum atomic E-state index is -0.180. The van der Waals surface area contributed by atoms with Crippen molar-refractivity contribution in [1.82, 2.24) is 10.2 Å². The second-order valence-corrected chi connectivity index (χ2v) is 4.44. The highest BCUT2D eigenvalue weighted by atomic mass is 35.5. The van der Waals surface area contributed by atoms with Crippen LogP contribution in [0.3, 0.4) is 0 Å². The smallest absolute Gasteiger partial charge is 0.241 e. The number of amides is 1. The molecule has 0 spiro atoms. The number of rotatable bonds is 3. The minimum Gasteiger partial charge on any atom is -0.378 e. The third kappa shape index (κ3) is 4.10. The van der Waals surface area contributed by atoms with E-state index >= 15 is 0 Å². The Hall–Kier alpha value is -0.360. The van der Waals surface area contributed by atoms with E-state index in [9.17, 15) is 4.79 Å². The highest BCUT2D eigenvalue weighted by Gasteiger charge is 2.26. The molecule has 0 radical (unpaired) electrons. The minimum absolute atomic E-state index is 0. The molecule has 0 aromatic carbocycles. The monoisotopic (exact) mass is 264 g/mol. The Labute approximate surface area is 108 Å². The summed E-state index contributed by atoms with van der Waals surface area (Å²) in [6, 6.07) is -0.180. The fourth-order valence-electron chi connectivity index (χ4n) is 2.17. The third-order valence-electron chi connectivity index (χ3n) is 3.10. The number of nitrogens with one attached hydrogen (secondary N) is 1. The molecule has 0 bridgehead atoms. The summed E-state index contributed by atoms with van der Waals surface area (Å²) in [5, 5.41) is 3.17. The molecular weight excluding hydrogens is 244 g/mol. The van der Waals surface area contributed by atoms with E-state index in [0.29, 0.717) is 19.8 Å². The molecule has 1 N–H and O–H groups in total. The normalized spacial score (nSPS) is 28.5. The summed E-state index contributed by atoms with van der Waals surface area (Å²) in [5.74, 6) is 0.107. The average Bonchev–Trinajstić information content (AvgIpc) is 2.82. The molecule has 2 rings (SSSR count). The number of likely N-dealkylation sites (N-methyl/N-ethyl adjacent to an activating group) is 1. The van der Waals surface area contributed by atoms with Crippen LogP contribution in [0.2, 0.25) is 0 Å². The Morgan fingerprint density at radius 3 is 2.88 bits per heavy atom. The third-order valence-corrected chi connectivity index (χ3v) is 3.10. The number of carbonyl (C=O) groups excluding carboxylic acids is 1. The molecule has 2 unspecified atom stereocenters. The molecule has 0 aromatic rings. The zero-order valence-electron chi connectivity index (χ0n) is 10.2. The molecule has 0 saturated carbocycles. The van der Waals surface area contributed by atoms with Gasteiger partial charge in [0.25, 0.3) is 0 Å². The highest BCUT2D eigenvalue weighted by molar-refractivity contribution is 5.85. The van der Waals surface area contributed by atoms with E-state index in [2.05, 4.69) is 5.32 Å². The van der Waals surface area contributed by atoms with Crippen LogP contribution in [0.4, 0.5) is 0 Å². The molecule has 0 aliphatic carbocycles. The molecular formula is C11H21ClN2O3. The van der Waals surface area contributed by atoms with E-state index in [0.717, 1.165) is 26.0 Å². The summed E-state index contributed by atoms with van der Waals surface area (Å²) in [5.41, 5.74) is 0. The van der Waals surface area contributed by atoms with Crippen LogP contribution in [0.1, 0.15) is 12.8 Å². The van der Waals surface area contributed by atoms with Gasteiger partial charge in [0.1, 0.15) is 6.04 Å². The van der Waals surface area contributed by atoms with E-state index < -0.39 is 0 Å². The molecule has 2 aliphatic rings. The zero-order valence-corrected chi connectivity index (χ0v) is 11.0. The summed E-state index contributed by atoms with van der Waals surface area (Å²) in [4.78, 5) is 13.8. The van der Waals surface area contributed by atoms with Crippen molar-refractivity contribution in [2.75, 3.05) is 40.0 Å². The largest absolute Gasteiger partial charge is 0.378 e. The lowest BCUT2D eigenvalue weighted by Gasteiger charge is -2.28. The summed E-state index contributed by atoms with van der Waals surface area (Å²) in [7, 11) is 1.83. The molecule has 1 amide bonds. The molecule has 2 heterocycles. The van der Waals surface area contributed by atoms with Crippen LogP contribution < -0.4 is 5.32 Å². The standard InChI is InChI=1S/C11H20N2O3.ClH/c1-13(7-9-3-2-5-16-9)11(14)10-8-15-6-4-12-10;/h9-10,12H,2-8H2,1H3;1H. The average molecular weight is 265 g/mol. The van der Waals surface area contributed by atoms with Gasteiger partial charge in [-0.05, 0) is 12.8 Å². The molecule has 2 saturated heterocycles. The molecule has 17 heavy (non-hydrogen) atoms. The maximum absolute atomic E-state index is 12.0. The maximum Gasteiger partial charge on any atom is 0.241 e. The quantitative estimate of drug-likeness (QED) is 0.782. The van der Waals surface area contributed by atoms with Crippen molar-refractivity contribution in [3.63, 3.8) is 0 Å². The first-order valence-electron chi connectivity index (χ1n) is 5.95. The summed E-state index contributed by atoms with van der Waals surface area (Å²) in [6.45, 7) is 3.45. The van der Waals surface area contributed by atoms with Crippen LogP contribution in [0.5, 0.6) is 0 Å². The van der Waals surface area contributed by atoms with Gasteiger partial charge in [-0.15, -0.1) is 12.4 Å². The predicted molar refractivity (Wildman–Crippen MR) is 66.5 cm³/mol. The van der Waals surface area contributed by atoms with Crippen molar-refractivity contribution in [1.29, 1.82) is 0 Å². The van der Waals surface area contributed by atoms with Gasteiger partial charge in [0.05, 0.1) is 19.3 Å². The van der Waals surface area contributed by atoms with Crippen LogP contribution >= 0.6 is 12.4 Å². The Balaban J connectivity index is 0.00000144. The van der Waals surface area contributed by atoms with Crippen molar-refractivity contribution in [2.24, 2.45) is 0 Å². The fourth-order valence-corrected chi connectivity index (χ4v) is 2.17. The van der Waals surface area contributed by atoms with Crippen LogP contribution in [0.15, 0.2) is 0 Å². The van der Waals surface area contributed by atoms with Gasteiger partial charge in [-0.25, -0.2) is 0 Å². The van der Waals surface area contributed by atoms with Crippen molar-refractivity contribution in [3.05, 3.63) is 0 Å². The zero-order chi connectivity index (χ0) is 11.4. The Morgan fingerprint density at radius 2 is 2.29 bits per heavy atom. The number of halogens is 1. The van der Waals surface area contributed by atoms with Gasteiger partial charge < -0.3 is 19.7 Å². The van der Waals surface area contributed by atoms with Crippen LogP contribution in [-0.2, 0) is 14.3 Å². The van der Waals surface area contributed by atoms with Gasteiger partial charge in [0, 0.05) is 26.7 Å². The molecule has 0 aromatic heterocycles. The summed E-state index contributed by atoms with van der Waals surface area (Å²) < 4.78 is 10.8. The van der Waals surface area contributed by atoms with Crippen molar-refractivity contribution >= 4 is 18.3 Å². The summed E-state index contributed by atoms with van der Waals surface area (Å²) >= 11 is 0. The second-order valence-electron chi connectivity index (χ2n) is 4.44.